The first-order valence-electron chi connectivity index (χ1n) is 14.5. The van der Waals surface area contributed by atoms with E-state index in [1.807, 2.05) is 94.4 Å². The fourth-order valence-electron chi connectivity index (χ4n) is 5.70. The number of likely N-dealkylation sites (tertiary alicyclic amines) is 1. The quantitative estimate of drug-likeness (QED) is 0.304. The van der Waals surface area contributed by atoms with Gasteiger partial charge in [-0.1, -0.05) is 66.7 Å². The monoisotopic (exact) mass is 574 g/mol. The van der Waals surface area contributed by atoms with Crippen molar-refractivity contribution in [1.82, 2.24) is 10.2 Å². The van der Waals surface area contributed by atoms with Crippen molar-refractivity contribution in [3.05, 3.63) is 94.5 Å². The highest BCUT2D eigenvalue weighted by molar-refractivity contribution is 5.79. The lowest BCUT2D eigenvalue weighted by Crippen LogP contribution is -2.56. The highest BCUT2D eigenvalue weighted by Crippen LogP contribution is 2.26. The Balaban J connectivity index is 1.44. The molecule has 0 aromatic heterocycles. The lowest BCUT2D eigenvalue weighted by Gasteiger charge is -2.35. The Hall–Kier alpha value is -3.88. The van der Waals surface area contributed by atoms with Gasteiger partial charge in [0.1, 0.15) is 23.7 Å². The van der Waals surface area contributed by atoms with Crippen LogP contribution in [0.3, 0.4) is 0 Å². The largest absolute Gasteiger partial charge is 0.483 e. The van der Waals surface area contributed by atoms with E-state index >= 15 is 0 Å². The minimum atomic E-state index is -1.33. The molecule has 4 rings (SSSR count). The van der Waals surface area contributed by atoms with Crippen LogP contribution in [0.2, 0.25) is 0 Å². The number of aliphatic hydroxyl groups is 2. The summed E-state index contributed by atoms with van der Waals surface area (Å²) in [5.74, 6) is 0.662. The van der Waals surface area contributed by atoms with Gasteiger partial charge in [-0.3, -0.25) is 9.59 Å². The van der Waals surface area contributed by atoms with Crippen LogP contribution in [0.4, 0.5) is 0 Å². The Kier molecular flexibility index (Phi) is 10.6. The van der Waals surface area contributed by atoms with Gasteiger partial charge in [-0.2, -0.15) is 0 Å². The summed E-state index contributed by atoms with van der Waals surface area (Å²) in [6.07, 6.45) is -1.07. The molecule has 1 saturated heterocycles. The molecule has 3 N–H and O–H groups in total. The Morgan fingerprint density at radius 1 is 0.833 bits per heavy atom. The molecule has 1 aliphatic rings. The Bertz CT molecular complexity index is 1320. The van der Waals surface area contributed by atoms with E-state index in [4.69, 9.17) is 9.47 Å². The average Bonchev–Trinajstić information content (AvgIpc) is 3.46. The van der Waals surface area contributed by atoms with Crippen molar-refractivity contribution >= 4 is 11.8 Å². The fraction of sp³-hybridized carbons (Fsp3) is 0.412. The minimum absolute atomic E-state index is 0.162. The van der Waals surface area contributed by atoms with E-state index < -0.39 is 30.2 Å². The molecule has 224 valence electrons. The predicted octanol–water partition coefficient (Wildman–Crippen LogP) is 3.82. The standard InChI is InChI=1S/C34H42N2O6/c1-22-11-8-12-23(2)33(22)41-20-29(37)35-27(19-26-15-6-5-7-16-26)31(39)32(40)28-17-10-18-36(28)30(38)21-42-34-24(3)13-9-14-25(34)4/h5-9,11-16,27-28,31-32,39-40H,10,17-21H2,1-4H3,(H,35,37)/t27-,28+,31+,32+/m0/s1. The van der Waals surface area contributed by atoms with Gasteiger partial charge in [-0.05, 0) is 74.8 Å². The zero-order chi connectivity index (χ0) is 30.2. The van der Waals surface area contributed by atoms with Crippen molar-refractivity contribution < 1.29 is 29.3 Å². The van der Waals surface area contributed by atoms with E-state index in [-0.39, 0.29) is 19.1 Å². The van der Waals surface area contributed by atoms with Crippen LogP contribution in [0.5, 0.6) is 11.5 Å². The van der Waals surface area contributed by atoms with Crippen LogP contribution in [-0.4, -0.2) is 71.0 Å². The number of nitrogens with zero attached hydrogens (tertiary/aromatic N) is 1. The third kappa shape index (κ3) is 7.69. The van der Waals surface area contributed by atoms with Gasteiger partial charge in [0.15, 0.2) is 13.2 Å². The number of aliphatic hydroxyl groups excluding tert-OH is 2. The van der Waals surface area contributed by atoms with Crippen LogP contribution in [0.25, 0.3) is 0 Å². The van der Waals surface area contributed by atoms with Crippen LogP contribution in [0.1, 0.15) is 40.7 Å². The number of rotatable bonds is 12. The number of carbonyl (C=O) groups is 2. The third-order valence-electron chi connectivity index (χ3n) is 7.93. The van der Waals surface area contributed by atoms with Gasteiger partial charge >= 0.3 is 0 Å². The Morgan fingerprint density at radius 2 is 1.38 bits per heavy atom. The summed E-state index contributed by atoms with van der Waals surface area (Å²) in [6.45, 7) is 7.76. The maximum Gasteiger partial charge on any atom is 0.260 e. The molecule has 0 bridgehead atoms. The Morgan fingerprint density at radius 3 is 1.95 bits per heavy atom. The summed E-state index contributed by atoms with van der Waals surface area (Å²) in [4.78, 5) is 27.8. The number of amides is 2. The summed E-state index contributed by atoms with van der Waals surface area (Å²) in [7, 11) is 0. The number of hydrogen-bond acceptors (Lipinski definition) is 6. The van der Waals surface area contributed by atoms with Crippen molar-refractivity contribution in [3.63, 3.8) is 0 Å². The average molecular weight is 575 g/mol. The molecule has 3 aromatic rings. The number of carbonyl (C=O) groups excluding carboxylic acids is 2. The smallest absolute Gasteiger partial charge is 0.260 e. The van der Waals surface area contributed by atoms with E-state index in [0.29, 0.717) is 37.3 Å². The molecule has 3 aromatic carbocycles. The number of hydrogen-bond donors (Lipinski definition) is 3. The molecule has 42 heavy (non-hydrogen) atoms. The molecule has 0 radical (unpaired) electrons. The van der Waals surface area contributed by atoms with Gasteiger partial charge < -0.3 is 29.9 Å². The highest BCUT2D eigenvalue weighted by Gasteiger charge is 2.40. The minimum Gasteiger partial charge on any atom is -0.483 e. The molecule has 4 atom stereocenters. The summed E-state index contributed by atoms with van der Waals surface area (Å²) < 4.78 is 11.7. The SMILES string of the molecule is Cc1cccc(C)c1OCC(=O)N[C@@H](Cc1ccccc1)[C@@H](O)[C@H](O)[C@H]1CCCN1C(=O)COc1c(C)cccc1C. The van der Waals surface area contributed by atoms with E-state index in [1.54, 1.807) is 4.90 Å². The molecular formula is C34H42N2O6. The first-order chi connectivity index (χ1) is 20.2. The first-order valence-corrected chi connectivity index (χ1v) is 14.5. The molecule has 2 amide bonds. The number of nitrogens with one attached hydrogen (secondary N) is 1. The van der Waals surface area contributed by atoms with Crippen LogP contribution < -0.4 is 14.8 Å². The maximum absolute atomic E-state index is 13.2. The summed E-state index contributed by atoms with van der Waals surface area (Å²) in [5.41, 5.74) is 4.62. The molecule has 0 aliphatic carbocycles. The number of aryl methyl sites for hydroxylation is 4. The fourth-order valence-corrected chi connectivity index (χ4v) is 5.70. The number of ether oxygens (including phenoxy) is 2. The van der Waals surface area contributed by atoms with Gasteiger partial charge in [-0.25, -0.2) is 0 Å². The highest BCUT2D eigenvalue weighted by atomic mass is 16.5. The van der Waals surface area contributed by atoms with Crippen LogP contribution in [0.15, 0.2) is 66.7 Å². The molecule has 0 saturated carbocycles. The number of benzene rings is 3. The van der Waals surface area contributed by atoms with Gasteiger partial charge in [0.25, 0.3) is 11.8 Å². The summed E-state index contributed by atoms with van der Waals surface area (Å²) in [5, 5.41) is 25.7. The van der Waals surface area contributed by atoms with Gasteiger partial charge in [-0.15, -0.1) is 0 Å². The normalized spacial score (nSPS) is 16.9. The first kappa shape index (κ1) is 31.1. The van der Waals surface area contributed by atoms with Crippen molar-refractivity contribution in [2.75, 3.05) is 19.8 Å². The second-order valence-corrected chi connectivity index (χ2v) is 11.2. The lowest BCUT2D eigenvalue weighted by molar-refractivity contribution is -0.139. The van der Waals surface area contributed by atoms with Crippen molar-refractivity contribution in [3.8, 4) is 11.5 Å². The van der Waals surface area contributed by atoms with Crippen molar-refractivity contribution in [2.24, 2.45) is 0 Å². The van der Waals surface area contributed by atoms with Gasteiger partial charge in [0.2, 0.25) is 0 Å². The van der Waals surface area contributed by atoms with Crippen LogP contribution in [0, 0.1) is 27.7 Å². The second-order valence-electron chi connectivity index (χ2n) is 11.2. The molecule has 0 spiro atoms. The Labute approximate surface area is 248 Å². The molecule has 1 heterocycles. The van der Waals surface area contributed by atoms with Gasteiger partial charge in [0.05, 0.1) is 12.1 Å². The van der Waals surface area contributed by atoms with E-state index in [1.165, 1.54) is 0 Å². The van der Waals surface area contributed by atoms with E-state index in [9.17, 15) is 19.8 Å². The molecular weight excluding hydrogens is 532 g/mol. The van der Waals surface area contributed by atoms with Gasteiger partial charge in [0, 0.05) is 6.54 Å². The van der Waals surface area contributed by atoms with Crippen LogP contribution in [-0.2, 0) is 16.0 Å². The third-order valence-corrected chi connectivity index (χ3v) is 7.93. The van der Waals surface area contributed by atoms with E-state index in [0.717, 1.165) is 27.8 Å². The van der Waals surface area contributed by atoms with E-state index in [2.05, 4.69) is 5.32 Å². The molecule has 1 fully saturated rings. The molecule has 1 aliphatic heterocycles. The number of para-hydroxylation sites is 2. The van der Waals surface area contributed by atoms with Crippen LogP contribution >= 0.6 is 0 Å². The topological polar surface area (TPSA) is 108 Å². The zero-order valence-electron chi connectivity index (χ0n) is 24.9. The summed E-state index contributed by atoms with van der Waals surface area (Å²) in [6, 6.07) is 19.6. The molecule has 8 heteroatoms. The van der Waals surface area contributed by atoms with Crippen molar-refractivity contribution in [1.29, 1.82) is 0 Å². The zero-order valence-corrected chi connectivity index (χ0v) is 24.9. The summed E-state index contributed by atoms with van der Waals surface area (Å²) >= 11 is 0. The maximum atomic E-state index is 13.2. The van der Waals surface area contributed by atoms with Crippen molar-refractivity contribution in [2.45, 2.75) is 71.2 Å². The molecule has 0 unspecified atom stereocenters. The second kappa shape index (κ2) is 14.3. The lowest BCUT2D eigenvalue weighted by atomic mass is 9.93. The molecule has 8 nitrogen and oxygen atoms in total. The predicted molar refractivity (Wildman–Crippen MR) is 162 cm³/mol.